The summed E-state index contributed by atoms with van der Waals surface area (Å²) in [6.07, 6.45) is 0. The zero-order valence-electron chi connectivity index (χ0n) is 13.7. The summed E-state index contributed by atoms with van der Waals surface area (Å²) in [7, 11) is 0. The number of benzene rings is 2. The molecule has 1 fully saturated rings. The smallest absolute Gasteiger partial charge is 0.293 e. The summed E-state index contributed by atoms with van der Waals surface area (Å²) < 4.78 is 13.8. The second kappa shape index (κ2) is 7.08. The molecule has 0 amide bonds. The molecule has 0 bridgehead atoms. The molecule has 0 aromatic heterocycles. The van der Waals surface area contributed by atoms with E-state index in [2.05, 4.69) is 0 Å². The first-order valence-electron chi connectivity index (χ1n) is 7.92. The van der Waals surface area contributed by atoms with Crippen LogP contribution in [-0.4, -0.2) is 31.1 Å². The molecule has 0 spiro atoms. The molecule has 1 saturated heterocycles. The Labute approximate surface area is 149 Å². The van der Waals surface area contributed by atoms with Gasteiger partial charge in [0.25, 0.3) is 5.69 Å². The van der Waals surface area contributed by atoms with E-state index in [1.165, 1.54) is 12.1 Å². The van der Waals surface area contributed by atoms with Crippen LogP contribution < -0.4 is 9.80 Å². The molecule has 0 radical (unpaired) electrons. The van der Waals surface area contributed by atoms with E-state index in [4.69, 9.17) is 5.26 Å². The average molecular weight is 351 g/mol. The highest BCUT2D eigenvalue weighted by Gasteiger charge is 2.25. The monoisotopic (exact) mass is 351 g/mol. The Hall–Kier alpha value is -3.65. The number of halogens is 1. The summed E-state index contributed by atoms with van der Waals surface area (Å²) in [6, 6.07) is 12.7. The van der Waals surface area contributed by atoms with Crippen molar-refractivity contribution in [2.75, 3.05) is 36.0 Å². The van der Waals surface area contributed by atoms with Gasteiger partial charge in [-0.1, -0.05) is 6.07 Å². The number of nitro groups is 1. The standard InChI is InChI=1S/C18H14FN5O2/c19-15-2-1-3-16(14(15)12-21)22-6-8-23(9-7-22)17-5-4-13(11-20)10-18(17)24(25)26/h1-5,10H,6-9H2. The summed E-state index contributed by atoms with van der Waals surface area (Å²) >= 11 is 0. The highest BCUT2D eigenvalue weighted by molar-refractivity contribution is 5.67. The van der Waals surface area contributed by atoms with Crippen molar-refractivity contribution < 1.29 is 9.31 Å². The van der Waals surface area contributed by atoms with Crippen molar-refractivity contribution in [3.8, 4) is 12.1 Å². The van der Waals surface area contributed by atoms with Crippen molar-refractivity contribution in [2.45, 2.75) is 0 Å². The van der Waals surface area contributed by atoms with Gasteiger partial charge in [-0.05, 0) is 24.3 Å². The van der Waals surface area contributed by atoms with E-state index in [0.717, 1.165) is 0 Å². The second-order valence-corrected chi connectivity index (χ2v) is 5.79. The average Bonchev–Trinajstić information content (AvgIpc) is 2.67. The van der Waals surface area contributed by atoms with Gasteiger partial charge in [0.15, 0.2) is 0 Å². The predicted octanol–water partition coefficient (Wildman–Crippen LogP) is 2.80. The quantitative estimate of drug-likeness (QED) is 0.623. The summed E-state index contributed by atoms with van der Waals surface area (Å²) in [5.41, 5.74) is 1.11. The maximum atomic E-state index is 13.8. The SMILES string of the molecule is N#Cc1ccc(N2CCN(c3cccc(F)c3C#N)CC2)c([N+](=O)[O-])c1. The van der Waals surface area contributed by atoms with Gasteiger partial charge in [0.2, 0.25) is 0 Å². The zero-order chi connectivity index (χ0) is 18.7. The van der Waals surface area contributed by atoms with Crippen molar-refractivity contribution in [3.63, 3.8) is 0 Å². The van der Waals surface area contributed by atoms with Gasteiger partial charge in [-0.15, -0.1) is 0 Å². The Bertz CT molecular complexity index is 940. The molecule has 8 heteroatoms. The van der Waals surface area contributed by atoms with E-state index >= 15 is 0 Å². The largest absolute Gasteiger partial charge is 0.367 e. The van der Waals surface area contributed by atoms with Crippen LogP contribution in [0.2, 0.25) is 0 Å². The molecule has 1 aliphatic heterocycles. The molecule has 1 aliphatic rings. The summed E-state index contributed by atoms with van der Waals surface area (Å²) in [4.78, 5) is 14.6. The lowest BCUT2D eigenvalue weighted by Crippen LogP contribution is -2.47. The van der Waals surface area contributed by atoms with Gasteiger partial charge in [-0.25, -0.2) is 4.39 Å². The van der Waals surface area contributed by atoms with Gasteiger partial charge in [-0.2, -0.15) is 10.5 Å². The maximum absolute atomic E-state index is 13.8. The Morgan fingerprint density at radius 3 is 2.23 bits per heavy atom. The van der Waals surface area contributed by atoms with Crippen molar-refractivity contribution >= 4 is 17.1 Å². The molecule has 0 aliphatic carbocycles. The summed E-state index contributed by atoms with van der Waals surface area (Å²) in [5, 5.41) is 29.4. The highest BCUT2D eigenvalue weighted by atomic mass is 19.1. The number of rotatable bonds is 3. The minimum absolute atomic E-state index is 0.00491. The van der Waals surface area contributed by atoms with Crippen LogP contribution in [0.3, 0.4) is 0 Å². The van der Waals surface area contributed by atoms with Crippen LogP contribution in [0.15, 0.2) is 36.4 Å². The Morgan fingerprint density at radius 2 is 1.65 bits per heavy atom. The van der Waals surface area contributed by atoms with Gasteiger partial charge in [0.05, 0.1) is 22.2 Å². The minimum Gasteiger partial charge on any atom is -0.367 e. The van der Waals surface area contributed by atoms with E-state index in [1.807, 2.05) is 21.9 Å². The lowest BCUT2D eigenvalue weighted by molar-refractivity contribution is -0.384. The van der Waals surface area contributed by atoms with Crippen LogP contribution in [0, 0.1) is 38.6 Å². The van der Waals surface area contributed by atoms with Crippen LogP contribution in [-0.2, 0) is 0 Å². The molecule has 130 valence electrons. The molecule has 26 heavy (non-hydrogen) atoms. The number of anilines is 2. The van der Waals surface area contributed by atoms with E-state index in [0.29, 0.717) is 37.6 Å². The highest BCUT2D eigenvalue weighted by Crippen LogP contribution is 2.31. The van der Waals surface area contributed by atoms with Gasteiger partial charge in [0.1, 0.15) is 23.1 Å². The molecule has 0 N–H and O–H groups in total. The molecule has 2 aromatic rings. The van der Waals surface area contributed by atoms with Crippen molar-refractivity contribution in [2.24, 2.45) is 0 Å². The predicted molar refractivity (Wildman–Crippen MR) is 93.4 cm³/mol. The first-order valence-corrected chi connectivity index (χ1v) is 7.92. The Kier molecular flexibility index (Phi) is 4.68. The number of hydrogen-bond acceptors (Lipinski definition) is 6. The molecule has 2 aromatic carbocycles. The van der Waals surface area contributed by atoms with Gasteiger partial charge < -0.3 is 9.80 Å². The Morgan fingerprint density at radius 1 is 1.00 bits per heavy atom. The first-order chi connectivity index (χ1) is 12.5. The molecule has 0 atom stereocenters. The Balaban J connectivity index is 1.82. The summed E-state index contributed by atoms with van der Waals surface area (Å²) in [6.45, 7) is 1.95. The van der Waals surface area contributed by atoms with Crippen LogP contribution in [0.5, 0.6) is 0 Å². The van der Waals surface area contributed by atoms with Crippen molar-refractivity contribution in [1.29, 1.82) is 10.5 Å². The lowest BCUT2D eigenvalue weighted by atomic mass is 10.1. The number of piperazine rings is 1. The maximum Gasteiger partial charge on any atom is 0.293 e. The molecule has 0 saturated carbocycles. The van der Waals surface area contributed by atoms with Gasteiger partial charge in [-0.3, -0.25) is 10.1 Å². The number of nitriles is 2. The molecule has 7 nitrogen and oxygen atoms in total. The van der Waals surface area contributed by atoms with E-state index < -0.39 is 10.7 Å². The van der Waals surface area contributed by atoms with Crippen LogP contribution in [0.25, 0.3) is 0 Å². The van der Waals surface area contributed by atoms with Crippen LogP contribution in [0.4, 0.5) is 21.5 Å². The molecular formula is C18H14FN5O2. The molecule has 1 heterocycles. The number of hydrogen-bond donors (Lipinski definition) is 0. The molecule has 0 unspecified atom stereocenters. The fraction of sp³-hybridized carbons (Fsp3) is 0.222. The lowest BCUT2D eigenvalue weighted by Gasteiger charge is -2.37. The third kappa shape index (κ3) is 3.13. The summed E-state index contributed by atoms with van der Waals surface area (Å²) in [5.74, 6) is -0.560. The second-order valence-electron chi connectivity index (χ2n) is 5.79. The van der Waals surface area contributed by atoms with Crippen LogP contribution in [0.1, 0.15) is 11.1 Å². The topological polar surface area (TPSA) is 97.2 Å². The van der Waals surface area contributed by atoms with E-state index in [9.17, 15) is 19.8 Å². The van der Waals surface area contributed by atoms with Crippen LogP contribution >= 0.6 is 0 Å². The number of nitrogens with zero attached hydrogens (tertiary/aromatic N) is 5. The van der Waals surface area contributed by atoms with Crippen molar-refractivity contribution in [3.05, 3.63) is 63.5 Å². The zero-order valence-corrected chi connectivity index (χ0v) is 13.7. The fourth-order valence-electron chi connectivity index (χ4n) is 3.08. The van der Waals surface area contributed by atoms with E-state index in [1.54, 1.807) is 24.3 Å². The van der Waals surface area contributed by atoms with Gasteiger partial charge in [0, 0.05) is 32.2 Å². The number of nitro benzene ring substituents is 1. The van der Waals surface area contributed by atoms with Crippen molar-refractivity contribution in [1.82, 2.24) is 0 Å². The third-order valence-electron chi connectivity index (χ3n) is 4.37. The first kappa shape index (κ1) is 17.2. The fourth-order valence-corrected chi connectivity index (χ4v) is 3.08. The molecular weight excluding hydrogens is 337 g/mol. The minimum atomic E-state index is -0.560. The van der Waals surface area contributed by atoms with E-state index in [-0.39, 0.29) is 16.8 Å². The molecule has 3 rings (SSSR count). The normalized spacial score (nSPS) is 13.8. The van der Waals surface area contributed by atoms with Gasteiger partial charge >= 0.3 is 0 Å². The third-order valence-corrected chi connectivity index (χ3v) is 4.37.